The smallest absolute Gasteiger partial charge is 0.234 e. The van der Waals surface area contributed by atoms with Gasteiger partial charge in [-0.25, -0.2) is 4.98 Å². The normalized spacial score (nSPS) is 12.8. The van der Waals surface area contributed by atoms with Gasteiger partial charge >= 0.3 is 0 Å². The summed E-state index contributed by atoms with van der Waals surface area (Å²) in [6, 6.07) is 14.5. The van der Waals surface area contributed by atoms with Crippen LogP contribution >= 0.6 is 23.4 Å². The molecule has 0 spiro atoms. The highest BCUT2D eigenvalue weighted by molar-refractivity contribution is 8.01. The van der Waals surface area contributed by atoms with Crippen molar-refractivity contribution in [2.75, 3.05) is 11.1 Å². The van der Waals surface area contributed by atoms with Crippen LogP contribution in [0.1, 0.15) is 29.9 Å². The Morgan fingerprint density at radius 1 is 1.13 bits per heavy atom. The number of amides is 2. The van der Waals surface area contributed by atoms with E-state index in [1.54, 1.807) is 25.3 Å². The third-order valence-corrected chi connectivity index (χ3v) is 6.17. The number of nitrogens with zero attached hydrogens (tertiary/aromatic N) is 2. The second kappa shape index (κ2) is 10.5. The van der Waals surface area contributed by atoms with Crippen molar-refractivity contribution < 1.29 is 9.59 Å². The Hall–Kier alpha value is -2.77. The molecule has 2 aromatic carbocycles. The Labute approximate surface area is 191 Å². The highest BCUT2D eigenvalue weighted by atomic mass is 35.5. The summed E-state index contributed by atoms with van der Waals surface area (Å²) < 4.78 is 1.87. The van der Waals surface area contributed by atoms with Gasteiger partial charge in [-0.3, -0.25) is 9.59 Å². The summed E-state index contributed by atoms with van der Waals surface area (Å²) in [4.78, 5) is 29.5. The summed E-state index contributed by atoms with van der Waals surface area (Å²) in [5.74, 6) is 0.573. The molecule has 0 saturated carbocycles. The number of thioether (sulfide) groups is 1. The predicted molar refractivity (Wildman–Crippen MR) is 126 cm³/mol. The van der Waals surface area contributed by atoms with Crippen LogP contribution in [0.2, 0.25) is 5.02 Å². The van der Waals surface area contributed by atoms with E-state index in [0.29, 0.717) is 10.8 Å². The minimum absolute atomic E-state index is 0.146. The quantitative estimate of drug-likeness (QED) is 0.528. The first kappa shape index (κ1) is 22.9. The van der Waals surface area contributed by atoms with Crippen molar-refractivity contribution in [1.82, 2.24) is 14.9 Å². The van der Waals surface area contributed by atoms with Gasteiger partial charge in [0.25, 0.3) is 0 Å². The molecule has 0 unspecified atom stereocenters. The number of anilines is 1. The third-order valence-electron chi connectivity index (χ3n) is 4.78. The molecule has 0 aliphatic rings. The Balaban J connectivity index is 1.61. The van der Waals surface area contributed by atoms with E-state index in [1.807, 2.05) is 61.1 Å². The fourth-order valence-corrected chi connectivity index (χ4v) is 3.80. The Bertz CT molecular complexity index is 1030. The molecule has 0 fully saturated rings. The van der Waals surface area contributed by atoms with Crippen LogP contribution in [0, 0.1) is 6.92 Å². The zero-order valence-electron chi connectivity index (χ0n) is 17.6. The van der Waals surface area contributed by atoms with Crippen LogP contribution in [0.5, 0.6) is 0 Å². The molecule has 3 rings (SSSR count). The van der Waals surface area contributed by atoms with Crippen molar-refractivity contribution in [3.63, 3.8) is 0 Å². The molecule has 2 atom stereocenters. The molecule has 6 nitrogen and oxygen atoms in total. The zero-order chi connectivity index (χ0) is 22.4. The molecule has 0 bridgehead atoms. The number of aryl methyl sites for hydroxylation is 2. The summed E-state index contributed by atoms with van der Waals surface area (Å²) in [6.07, 6.45) is 3.52. The molecule has 0 radical (unpaired) electrons. The van der Waals surface area contributed by atoms with Crippen molar-refractivity contribution in [2.24, 2.45) is 7.05 Å². The topological polar surface area (TPSA) is 76.0 Å². The number of hydrogen-bond acceptors (Lipinski definition) is 4. The molecule has 8 heteroatoms. The van der Waals surface area contributed by atoms with Gasteiger partial charge in [0.05, 0.1) is 11.0 Å². The van der Waals surface area contributed by atoms with Crippen LogP contribution in [0.25, 0.3) is 0 Å². The number of halogens is 1. The van der Waals surface area contributed by atoms with Crippen LogP contribution < -0.4 is 10.6 Å². The van der Waals surface area contributed by atoms with E-state index in [2.05, 4.69) is 15.6 Å². The lowest BCUT2D eigenvalue weighted by Crippen LogP contribution is -2.36. The Morgan fingerprint density at radius 2 is 1.81 bits per heavy atom. The minimum Gasteiger partial charge on any atom is -0.341 e. The predicted octanol–water partition coefficient (Wildman–Crippen LogP) is 4.35. The lowest BCUT2D eigenvalue weighted by molar-refractivity contribution is -0.120. The van der Waals surface area contributed by atoms with Gasteiger partial charge < -0.3 is 15.2 Å². The first-order valence-electron chi connectivity index (χ1n) is 9.84. The van der Waals surface area contributed by atoms with E-state index in [-0.39, 0.29) is 17.6 Å². The number of aromatic nitrogens is 2. The monoisotopic (exact) mass is 456 g/mol. The van der Waals surface area contributed by atoms with Gasteiger partial charge in [0, 0.05) is 30.2 Å². The lowest BCUT2D eigenvalue weighted by atomic mass is 10.1. The number of nitrogens with one attached hydrogen (secondary N) is 2. The van der Waals surface area contributed by atoms with Gasteiger partial charge in [-0.2, -0.15) is 0 Å². The fraction of sp³-hybridized carbons (Fsp3) is 0.261. The molecular formula is C23H25ClN4O2S. The maximum Gasteiger partial charge on any atom is 0.234 e. The average molecular weight is 457 g/mol. The molecule has 2 N–H and O–H groups in total. The number of rotatable bonds is 8. The number of benzene rings is 2. The first-order chi connectivity index (χ1) is 14.8. The maximum absolute atomic E-state index is 12.9. The molecule has 0 saturated heterocycles. The van der Waals surface area contributed by atoms with E-state index in [0.717, 1.165) is 16.8 Å². The lowest BCUT2D eigenvalue weighted by Gasteiger charge is -2.21. The van der Waals surface area contributed by atoms with Crippen molar-refractivity contribution in [1.29, 1.82) is 0 Å². The molecule has 0 aliphatic heterocycles. The molecule has 3 aromatic rings. The second-order valence-electron chi connectivity index (χ2n) is 7.26. The average Bonchev–Trinajstić information content (AvgIpc) is 3.18. The highest BCUT2D eigenvalue weighted by Gasteiger charge is 2.24. The molecule has 31 heavy (non-hydrogen) atoms. The molecule has 0 aliphatic carbocycles. The third kappa shape index (κ3) is 6.35. The number of carbonyl (C=O) groups is 2. The van der Waals surface area contributed by atoms with Crippen molar-refractivity contribution in [3.05, 3.63) is 82.9 Å². The standard InChI is InChI=1S/C23H25ClN4O2S/c1-15-4-10-19(11-5-15)26-20(29)14-31-16(2)23(30)27-21(22-25-12-13-28(22)3)17-6-8-18(24)9-7-17/h4-13,16,21H,14H2,1-3H3,(H,26,29)(H,27,30)/t16-,21+/m1/s1. The van der Waals surface area contributed by atoms with E-state index in [9.17, 15) is 9.59 Å². The minimum atomic E-state index is -0.422. The van der Waals surface area contributed by atoms with Gasteiger partial charge in [0.15, 0.2) is 0 Å². The van der Waals surface area contributed by atoms with Crippen LogP contribution in [0.4, 0.5) is 5.69 Å². The SMILES string of the molecule is Cc1ccc(NC(=O)CS[C@H](C)C(=O)N[C@@H](c2ccc(Cl)cc2)c2nccn2C)cc1. The summed E-state index contributed by atoms with van der Waals surface area (Å²) in [6.45, 7) is 3.78. The largest absolute Gasteiger partial charge is 0.341 e. The van der Waals surface area contributed by atoms with Crippen LogP contribution in [-0.2, 0) is 16.6 Å². The number of carbonyl (C=O) groups excluding carboxylic acids is 2. The first-order valence-corrected chi connectivity index (χ1v) is 11.3. The number of imidazole rings is 1. The van der Waals surface area contributed by atoms with E-state index in [1.165, 1.54) is 11.8 Å². The molecule has 2 amide bonds. The molecule has 1 aromatic heterocycles. The van der Waals surface area contributed by atoms with Crippen molar-refractivity contribution in [2.45, 2.75) is 25.1 Å². The fourth-order valence-electron chi connectivity index (χ4n) is 2.98. The van der Waals surface area contributed by atoms with Crippen LogP contribution in [0.3, 0.4) is 0 Å². The van der Waals surface area contributed by atoms with E-state index in [4.69, 9.17) is 11.6 Å². The summed E-state index contributed by atoms with van der Waals surface area (Å²) >= 11 is 7.30. The maximum atomic E-state index is 12.9. The van der Waals surface area contributed by atoms with Gasteiger partial charge in [0.2, 0.25) is 11.8 Å². The molecular weight excluding hydrogens is 432 g/mol. The van der Waals surface area contributed by atoms with Crippen molar-refractivity contribution >= 4 is 40.9 Å². The van der Waals surface area contributed by atoms with E-state index >= 15 is 0 Å². The Kier molecular flexibility index (Phi) is 7.76. The Morgan fingerprint density at radius 3 is 2.42 bits per heavy atom. The molecule has 1 heterocycles. The van der Waals surface area contributed by atoms with Crippen molar-refractivity contribution in [3.8, 4) is 0 Å². The van der Waals surface area contributed by atoms with E-state index < -0.39 is 11.3 Å². The van der Waals surface area contributed by atoms with Gasteiger partial charge in [-0.05, 0) is 43.7 Å². The zero-order valence-corrected chi connectivity index (χ0v) is 19.2. The second-order valence-corrected chi connectivity index (χ2v) is 9.02. The highest BCUT2D eigenvalue weighted by Crippen LogP contribution is 2.23. The van der Waals surface area contributed by atoms with Gasteiger partial charge in [0.1, 0.15) is 11.9 Å². The van der Waals surface area contributed by atoms with Gasteiger partial charge in [-0.15, -0.1) is 11.8 Å². The molecule has 162 valence electrons. The summed E-state index contributed by atoms with van der Waals surface area (Å²) in [5.41, 5.74) is 2.74. The summed E-state index contributed by atoms with van der Waals surface area (Å²) in [7, 11) is 1.88. The van der Waals surface area contributed by atoms with Crippen LogP contribution in [-0.4, -0.2) is 32.4 Å². The van der Waals surface area contributed by atoms with Crippen LogP contribution in [0.15, 0.2) is 60.9 Å². The van der Waals surface area contributed by atoms with Gasteiger partial charge in [-0.1, -0.05) is 41.4 Å². The summed E-state index contributed by atoms with van der Waals surface area (Å²) in [5, 5.41) is 6.11. The number of hydrogen-bond donors (Lipinski definition) is 2.